The molecule has 2 aromatic rings. The Kier molecular flexibility index (Phi) is 7.57. The Bertz CT molecular complexity index is 787. The third-order valence-electron chi connectivity index (χ3n) is 4.78. The van der Waals surface area contributed by atoms with Gasteiger partial charge in [0.1, 0.15) is 18.2 Å². The fourth-order valence-corrected chi connectivity index (χ4v) is 3.66. The van der Waals surface area contributed by atoms with Gasteiger partial charge in [0, 0.05) is 22.7 Å². The molecule has 3 rings (SSSR count). The Hall–Kier alpha value is -1.55. The normalized spacial score (nSPS) is 14.1. The van der Waals surface area contributed by atoms with Crippen LogP contribution in [0, 0.1) is 5.82 Å². The van der Waals surface area contributed by atoms with Crippen LogP contribution in [0.4, 0.5) is 4.39 Å². The summed E-state index contributed by atoms with van der Waals surface area (Å²) in [5.41, 5.74) is 2.86. The largest absolute Gasteiger partial charge is 0.488 e. The van der Waals surface area contributed by atoms with Crippen LogP contribution in [0.5, 0.6) is 5.75 Å². The number of hydrogen-bond acceptors (Lipinski definition) is 2. The second kappa shape index (κ2) is 10.1. The van der Waals surface area contributed by atoms with Gasteiger partial charge in [0.15, 0.2) is 0 Å². The topological polar surface area (TPSA) is 21.3 Å². The van der Waals surface area contributed by atoms with E-state index >= 15 is 0 Å². The molecule has 144 valence electrons. The van der Waals surface area contributed by atoms with E-state index in [-0.39, 0.29) is 12.4 Å². The fourth-order valence-electron chi connectivity index (χ4n) is 3.25. The Labute approximate surface area is 170 Å². The van der Waals surface area contributed by atoms with Crippen LogP contribution < -0.4 is 10.1 Å². The lowest BCUT2D eigenvalue weighted by molar-refractivity contribution is 0.296. The summed E-state index contributed by atoms with van der Waals surface area (Å²) < 4.78 is 19.8. The molecule has 0 heterocycles. The highest BCUT2D eigenvalue weighted by molar-refractivity contribution is 6.31. The van der Waals surface area contributed by atoms with E-state index in [2.05, 4.69) is 11.4 Å². The van der Waals surface area contributed by atoms with E-state index in [1.807, 2.05) is 12.1 Å². The van der Waals surface area contributed by atoms with Gasteiger partial charge < -0.3 is 10.1 Å². The van der Waals surface area contributed by atoms with Gasteiger partial charge in [-0.15, -0.1) is 0 Å². The van der Waals surface area contributed by atoms with Gasteiger partial charge in [0.25, 0.3) is 0 Å². The Morgan fingerprint density at radius 1 is 1.11 bits per heavy atom. The first-order chi connectivity index (χ1) is 13.1. The van der Waals surface area contributed by atoms with Crippen molar-refractivity contribution in [3.63, 3.8) is 0 Å². The van der Waals surface area contributed by atoms with Crippen LogP contribution in [0.15, 0.2) is 48.0 Å². The summed E-state index contributed by atoms with van der Waals surface area (Å²) in [6.07, 6.45) is 8.48. The molecule has 2 aromatic carbocycles. The summed E-state index contributed by atoms with van der Waals surface area (Å²) in [5, 5.41) is 4.47. The second-order valence-electron chi connectivity index (χ2n) is 6.78. The smallest absolute Gasteiger partial charge is 0.131 e. The molecule has 1 N–H and O–H groups in total. The number of nitrogens with one attached hydrogen (secondary N) is 1. The van der Waals surface area contributed by atoms with Gasteiger partial charge >= 0.3 is 0 Å². The molecular weight excluding hydrogens is 384 g/mol. The van der Waals surface area contributed by atoms with Crippen LogP contribution in [0.1, 0.15) is 43.2 Å². The third kappa shape index (κ3) is 5.97. The predicted molar refractivity (Wildman–Crippen MR) is 110 cm³/mol. The lowest BCUT2D eigenvalue weighted by atomic mass is 9.97. The Morgan fingerprint density at radius 2 is 2.00 bits per heavy atom. The Morgan fingerprint density at radius 3 is 2.78 bits per heavy atom. The first-order valence-corrected chi connectivity index (χ1v) is 10.1. The van der Waals surface area contributed by atoms with Gasteiger partial charge in [0.2, 0.25) is 0 Å². The first kappa shape index (κ1) is 20.2. The molecule has 0 atom stereocenters. The molecule has 0 fully saturated rings. The highest BCUT2D eigenvalue weighted by Crippen LogP contribution is 2.26. The lowest BCUT2D eigenvalue weighted by Crippen LogP contribution is -2.16. The SMILES string of the molecule is Fc1cccc(Cl)c1COc1ccc(Cl)cc1CNCCC1=CCCCC1. The molecule has 27 heavy (non-hydrogen) atoms. The van der Waals surface area contributed by atoms with Gasteiger partial charge in [-0.25, -0.2) is 4.39 Å². The molecule has 0 saturated heterocycles. The van der Waals surface area contributed by atoms with Crippen molar-refractivity contribution in [1.82, 2.24) is 5.32 Å². The van der Waals surface area contributed by atoms with Crippen molar-refractivity contribution in [3.8, 4) is 5.75 Å². The maximum absolute atomic E-state index is 13.9. The van der Waals surface area contributed by atoms with Gasteiger partial charge in [-0.3, -0.25) is 0 Å². The fraction of sp³-hybridized carbons (Fsp3) is 0.364. The molecule has 0 spiro atoms. The zero-order chi connectivity index (χ0) is 19.1. The number of allylic oxidation sites excluding steroid dienone is 1. The van der Waals surface area contributed by atoms with Crippen molar-refractivity contribution in [3.05, 3.63) is 75.0 Å². The van der Waals surface area contributed by atoms with Crippen molar-refractivity contribution in [2.24, 2.45) is 0 Å². The van der Waals surface area contributed by atoms with Gasteiger partial charge in [0.05, 0.1) is 5.02 Å². The molecule has 0 bridgehead atoms. The van der Waals surface area contributed by atoms with Crippen molar-refractivity contribution in [2.75, 3.05) is 6.54 Å². The predicted octanol–water partition coefficient (Wildman–Crippen LogP) is 6.69. The summed E-state index contributed by atoms with van der Waals surface area (Å²) in [6, 6.07) is 10.1. The number of benzene rings is 2. The average molecular weight is 408 g/mol. The molecule has 0 saturated carbocycles. The van der Waals surface area contributed by atoms with Crippen LogP contribution >= 0.6 is 23.2 Å². The van der Waals surface area contributed by atoms with E-state index in [0.29, 0.717) is 27.9 Å². The third-order valence-corrected chi connectivity index (χ3v) is 5.37. The van der Waals surface area contributed by atoms with Gasteiger partial charge in [-0.2, -0.15) is 0 Å². The van der Waals surface area contributed by atoms with Crippen molar-refractivity contribution >= 4 is 23.2 Å². The van der Waals surface area contributed by atoms with E-state index in [0.717, 1.165) is 18.5 Å². The van der Waals surface area contributed by atoms with Crippen molar-refractivity contribution in [1.29, 1.82) is 0 Å². The molecule has 1 aliphatic rings. The van der Waals surface area contributed by atoms with Crippen molar-refractivity contribution < 1.29 is 9.13 Å². The van der Waals surface area contributed by atoms with E-state index in [1.54, 1.807) is 23.8 Å². The van der Waals surface area contributed by atoms with E-state index in [1.165, 1.54) is 31.7 Å². The zero-order valence-electron chi connectivity index (χ0n) is 15.2. The monoisotopic (exact) mass is 407 g/mol. The minimum Gasteiger partial charge on any atom is -0.488 e. The maximum atomic E-state index is 13.9. The summed E-state index contributed by atoms with van der Waals surface area (Å²) in [6.45, 7) is 1.64. The molecule has 1 aliphatic carbocycles. The zero-order valence-corrected chi connectivity index (χ0v) is 16.8. The van der Waals surface area contributed by atoms with Crippen LogP contribution in [-0.2, 0) is 13.2 Å². The summed E-state index contributed by atoms with van der Waals surface area (Å²) in [4.78, 5) is 0. The highest BCUT2D eigenvalue weighted by atomic mass is 35.5. The average Bonchev–Trinajstić information content (AvgIpc) is 2.67. The van der Waals surface area contributed by atoms with Crippen LogP contribution in [0.25, 0.3) is 0 Å². The van der Waals surface area contributed by atoms with E-state index in [9.17, 15) is 4.39 Å². The summed E-state index contributed by atoms with van der Waals surface area (Å²) in [7, 11) is 0. The number of hydrogen-bond donors (Lipinski definition) is 1. The first-order valence-electron chi connectivity index (χ1n) is 9.36. The molecular formula is C22H24Cl2FNO. The van der Waals surface area contributed by atoms with Crippen LogP contribution in [0.2, 0.25) is 10.0 Å². The van der Waals surface area contributed by atoms with Crippen molar-refractivity contribution in [2.45, 2.75) is 45.3 Å². The molecule has 0 unspecified atom stereocenters. The quantitative estimate of drug-likeness (QED) is 0.388. The Balaban J connectivity index is 1.58. The number of ether oxygens (including phenoxy) is 1. The standard InChI is InChI=1S/C22H24Cl2FNO/c23-18-9-10-22(27-15-19-20(24)7-4-8-21(19)25)17(13-18)14-26-12-11-16-5-2-1-3-6-16/h4-5,7-10,13,26H,1-3,6,11-12,14-15H2. The number of halogens is 3. The maximum Gasteiger partial charge on any atom is 0.131 e. The van der Waals surface area contributed by atoms with Crippen LogP contribution in [0.3, 0.4) is 0 Å². The van der Waals surface area contributed by atoms with Crippen LogP contribution in [-0.4, -0.2) is 6.54 Å². The van der Waals surface area contributed by atoms with Gasteiger partial charge in [-0.05, 0) is 69.0 Å². The van der Waals surface area contributed by atoms with Gasteiger partial charge in [-0.1, -0.05) is 40.9 Å². The number of rotatable bonds is 8. The molecule has 0 aliphatic heterocycles. The van der Waals surface area contributed by atoms with E-state index < -0.39 is 0 Å². The van der Waals surface area contributed by atoms with E-state index in [4.69, 9.17) is 27.9 Å². The molecule has 0 radical (unpaired) electrons. The molecule has 0 amide bonds. The molecule has 2 nitrogen and oxygen atoms in total. The lowest BCUT2D eigenvalue weighted by Gasteiger charge is -2.15. The molecule has 5 heteroatoms. The second-order valence-corrected chi connectivity index (χ2v) is 7.62. The molecule has 0 aromatic heterocycles. The summed E-state index contributed by atoms with van der Waals surface area (Å²) >= 11 is 12.2. The highest BCUT2D eigenvalue weighted by Gasteiger charge is 2.11. The summed E-state index contributed by atoms with van der Waals surface area (Å²) in [5.74, 6) is 0.319. The minimum atomic E-state index is -0.364. The minimum absolute atomic E-state index is 0.0764.